The van der Waals surface area contributed by atoms with Crippen molar-refractivity contribution in [1.82, 2.24) is 9.97 Å². The van der Waals surface area contributed by atoms with Crippen LogP contribution < -0.4 is 14.4 Å². The number of aromatic carboxylic acids is 1. The van der Waals surface area contributed by atoms with Gasteiger partial charge in [0.2, 0.25) is 0 Å². The summed E-state index contributed by atoms with van der Waals surface area (Å²) >= 11 is 0. The van der Waals surface area contributed by atoms with Gasteiger partial charge in [-0.25, -0.2) is 14.8 Å². The van der Waals surface area contributed by atoms with Crippen molar-refractivity contribution in [3.05, 3.63) is 42.0 Å². The zero-order valence-electron chi connectivity index (χ0n) is 15.9. The third kappa shape index (κ3) is 3.06. The highest BCUT2D eigenvalue weighted by Gasteiger charge is 2.43. The Bertz CT molecular complexity index is 1180. The number of anilines is 1. The summed E-state index contributed by atoms with van der Waals surface area (Å²) in [5, 5.41) is 9.29. The van der Waals surface area contributed by atoms with Crippen LogP contribution >= 0.6 is 0 Å². The molecule has 1 atom stereocenters. The molecular weight excluding hydrogens is 396 g/mol. The van der Waals surface area contributed by atoms with Crippen LogP contribution in [0.15, 0.2) is 36.4 Å². The first-order valence-electron chi connectivity index (χ1n) is 9.53. The molecule has 5 rings (SSSR count). The van der Waals surface area contributed by atoms with Gasteiger partial charge in [0, 0.05) is 18.2 Å². The quantitative estimate of drug-likeness (QED) is 0.685. The molecule has 1 saturated heterocycles. The van der Waals surface area contributed by atoms with E-state index < -0.39 is 12.3 Å². The molecule has 1 fully saturated rings. The fourth-order valence-electron chi connectivity index (χ4n) is 3.92. The van der Waals surface area contributed by atoms with Crippen LogP contribution in [0.25, 0.3) is 22.3 Å². The lowest BCUT2D eigenvalue weighted by Crippen LogP contribution is -2.28. The number of fused-ring (bicyclic) bond motifs is 2. The number of carbonyl (C=O) groups is 1. The summed E-state index contributed by atoms with van der Waals surface area (Å²) in [4.78, 5) is 22.9. The lowest BCUT2D eigenvalue weighted by molar-refractivity contribution is -0.286. The summed E-state index contributed by atoms with van der Waals surface area (Å²) in [5.41, 5.74) is 2.16. The molecule has 0 amide bonds. The van der Waals surface area contributed by atoms with Gasteiger partial charge < -0.3 is 19.5 Å². The average Bonchev–Trinajstić information content (AvgIpc) is 3.26. The largest absolute Gasteiger partial charge is 0.586 e. The van der Waals surface area contributed by atoms with Gasteiger partial charge >= 0.3 is 12.3 Å². The number of alkyl halides is 2. The van der Waals surface area contributed by atoms with Gasteiger partial charge in [0.15, 0.2) is 17.3 Å². The number of carboxylic acid groups (broad SMARTS) is 1. The number of aromatic nitrogens is 2. The number of benzene rings is 2. The summed E-state index contributed by atoms with van der Waals surface area (Å²) in [6, 6.07) is 9.27. The van der Waals surface area contributed by atoms with Crippen molar-refractivity contribution in [2.75, 3.05) is 11.4 Å². The highest BCUT2D eigenvalue weighted by Crippen LogP contribution is 2.44. The van der Waals surface area contributed by atoms with Crippen LogP contribution in [0.3, 0.4) is 0 Å². The molecule has 30 heavy (non-hydrogen) atoms. The van der Waals surface area contributed by atoms with E-state index in [2.05, 4.69) is 21.3 Å². The molecule has 0 radical (unpaired) electrons. The number of rotatable bonds is 3. The standard InChI is InChI=1S/C21H17F2N3O4/c1-11-3-2-8-26(11)19-18(12-5-7-16-17(10-12)30-21(22,23)29-16)24-14-6-4-13(20(27)28)9-15(14)25-19/h4-7,9-11H,2-3,8H2,1H3,(H,27,28)/t11-/m0/s1. The molecule has 2 aromatic carbocycles. The molecule has 2 aliphatic heterocycles. The molecule has 7 nitrogen and oxygen atoms in total. The maximum atomic E-state index is 13.4. The van der Waals surface area contributed by atoms with Gasteiger partial charge in [0.1, 0.15) is 5.69 Å². The summed E-state index contributed by atoms with van der Waals surface area (Å²) in [7, 11) is 0. The van der Waals surface area contributed by atoms with Crippen molar-refractivity contribution in [3.8, 4) is 22.8 Å². The Labute approximate surface area is 169 Å². The first kappa shape index (κ1) is 18.5. The number of carboxylic acids is 1. The molecule has 154 valence electrons. The van der Waals surface area contributed by atoms with Crippen LogP contribution in [0.4, 0.5) is 14.6 Å². The van der Waals surface area contributed by atoms with Crippen LogP contribution in [0.5, 0.6) is 11.5 Å². The Kier molecular flexibility index (Phi) is 4.02. The van der Waals surface area contributed by atoms with Crippen molar-refractivity contribution in [2.45, 2.75) is 32.1 Å². The number of hydrogen-bond acceptors (Lipinski definition) is 6. The average molecular weight is 413 g/mol. The van der Waals surface area contributed by atoms with E-state index in [0.717, 1.165) is 19.4 Å². The Balaban J connectivity index is 1.69. The number of ether oxygens (including phenoxy) is 2. The zero-order valence-corrected chi connectivity index (χ0v) is 15.9. The summed E-state index contributed by atoms with van der Waals surface area (Å²) in [6.07, 6.45) is -1.72. The van der Waals surface area contributed by atoms with Gasteiger partial charge in [0.05, 0.1) is 16.6 Å². The molecule has 9 heteroatoms. The van der Waals surface area contributed by atoms with E-state index in [9.17, 15) is 18.7 Å². The Hall–Kier alpha value is -3.49. The zero-order chi connectivity index (χ0) is 21.0. The second kappa shape index (κ2) is 6.51. The van der Waals surface area contributed by atoms with Crippen LogP contribution in [-0.4, -0.2) is 39.9 Å². The molecule has 3 aromatic rings. The monoisotopic (exact) mass is 413 g/mol. The minimum atomic E-state index is -3.70. The number of halogens is 2. The maximum absolute atomic E-state index is 13.4. The molecule has 0 spiro atoms. The molecule has 0 unspecified atom stereocenters. The van der Waals surface area contributed by atoms with Crippen molar-refractivity contribution in [1.29, 1.82) is 0 Å². The van der Waals surface area contributed by atoms with Gasteiger partial charge in [0.25, 0.3) is 0 Å². The Morgan fingerprint density at radius 1 is 1.13 bits per heavy atom. The summed E-state index contributed by atoms with van der Waals surface area (Å²) in [6.45, 7) is 2.85. The maximum Gasteiger partial charge on any atom is 0.586 e. The highest BCUT2D eigenvalue weighted by atomic mass is 19.3. The number of nitrogens with zero attached hydrogens (tertiary/aromatic N) is 3. The van der Waals surface area contributed by atoms with Gasteiger partial charge in [-0.15, -0.1) is 8.78 Å². The predicted octanol–water partition coefficient (Wildman–Crippen LogP) is 4.31. The van der Waals surface area contributed by atoms with E-state index in [4.69, 9.17) is 9.97 Å². The second-order valence-corrected chi connectivity index (χ2v) is 7.42. The van der Waals surface area contributed by atoms with E-state index in [1.807, 2.05) is 0 Å². The van der Waals surface area contributed by atoms with Crippen molar-refractivity contribution in [2.24, 2.45) is 0 Å². The first-order chi connectivity index (χ1) is 14.3. The lowest BCUT2D eigenvalue weighted by atomic mass is 10.1. The van der Waals surface area contributed by atoms with Crippen molar-refractivity contribution < 1.29 is 28.2 Å². The van der Waals surface area contributed by atoms with Gasteiger partial charge in [-0.1, -0.05) is 0 Å². The van der Waals surface area contributed by atoms with Crippen molar-refractivity contribution >= 4 is 22.8 Å². The van der Waals surface area contributed by atoms with Crippen LogP contribution in [0, 0.1) is 0 Å². The van der Waals surface area contributed by atoms with E-state index in [-0.39, 0.29) is 23.1 Å². The van der Waals surface area contributed by atoms with Crippen LogP contribution in [0.2, 0.25) is 0 Å². The summed E-state index contributed by atoms with van der Waals surface area (Å²) < 4.78 is 35.9. The lowest BCUT2D eigenvalue weighted by Gasteiger charge is -2.25. The topological polar surface area (TPSA) is 84.8 Å². The van der Waals surface area contributed by atoms with E-state index in [0.29, 0.717) is 28.1 Å². The molecule has 1 N–H and O–H groups in total. The fourth-order valence-corrected chi connectivity index (χ4v) is 3.92. The van der Waals surface area contributed by atoms with Gasteiger partial charge in [-0.3, -0.25) is 0 Å². The minimum absolute atomic E-state index is 0.0420. The van der Waals surface area contributed by atoms with Crippen molar-refractivity contribution in [3.63, 3.8) is 0 Å². The molecule has 1 aromatic heterocycles. The van der Waals surface area contributed by atoms with E-state index in [1.54, 1.807) is 12.1 Å². The second-order valence-electron chi connectivity index (χ2n) is 7.42. The fraction of sp³-hybridized carbons (Fsp3) is 0.286. The molecule has 3 heterocycles. The van der Waals surface area contributed by atoms with E-state index in [1.165, 1.54) is 24.3 Å². The summed E-state index contributed by atoms with van der Waals surface area (Å²) in [5.74, 6) is -0.572. The Morgan fingerprint density at radius 3 is 2.67 bits per heavy atom. The van der Waals surface area contributed by atoms with Gasteiger partial charge in [-0.05, 0) is 56.2 Å². The number of hydrogen-bond donors (Lipinski definition) is 1. The molecule has 0 saturated carbocycles. The van der Waals surface area contributed by atoms with Crippen LogP contribution in [0.1, 0.15) is 30.1 Å². The molecule has 0 bridgehead atoms. The third-order valence-corrected chi connectivity index (χ3v) is 5.39. The molecule has 2 aliphatic rings. The van der Waals surface area contributed by atoms with Crippen LogP contribution in [-0.2, 0) is 0 Å². The SMILES string of the molecule is C[C@H]1CCCN1c1nc2cc(C(=O)O)ccc2nc1-c1ccc2c(c1)OC(F)(F)O2. The smallest absolute Gasteiger partial charge is 0.478 e. The predicted molar refractivity (Wildman–Crippen MR) is 104 cm³/mol. The Morgan fingerprint density at radius 2 is 1.93 bits per heavy atom. The highest BCUT2D eigenvalue weighted by molar-refractivity contribution is 5.93. The molecular formula is C21H17F2N3O4. The van der Waals surface area contributed by atoms with Gasteiger partial charge in [-0.2, -0.15) is 0 Å². The van der Waals surface area contributed by atoms with E-state index >= 15 is 0 Å². The third-order valence-electron chi connectivity index (χ3n) is 5.39. The normalized spacial score (nSPS) is 19.4. The first-order valence-corrected chi connectivity index (χ1v) is 9.53. The minimum Gasteiger partial charge on any atom is -0.478 e. The molecule has 0 aliphatic carbocycles.